The number of carbonyl (C=O) groups is 1. The van der Waals surface area contributed by atoms with E-state index in [1.807, 2.05) is 19.9 Å². The first-order valence-corrected chi connectivity index (χ1v) is 11.9. The molecule has 2 N–H and O–H groups in total. The average Bonchev–Trinajstić information content (AvgIpc) is 3.04. The first-order chi connectivity index (χ1) is 15.7. The molecule has 0 radical (unpaired) electrons. The second-order valence-corrected chi connectivity index (χ2v) is 9.43. The minimum absolute atomic E-state index is 0.0548. The van der Waals surface area contributed by atoms with E-state index in [-0.39, 0.29) is 10.5 Å². The fourth-order valence-corrected chi connectivity index (χ4v) is 4.57. The molecule has 3 rings (SSSR count). The van der Waals surface area contributed by atoms with Crippen LogP contribution in [0.3, 0.4) is 0 Å². The molecular weight excluding hydrogens is 464 g/mol. The van der Waals surface area contributed by atoms with Gasteiger partial charge in [-0.15, -0.1) is 0 Å². The lowest BCUT2D eigenvalue weighted by molar-refractivity contribution is 0.0955. The van der Waals surface area contributed by atoms with Crippen LogP contribution in [0.25, 0.3) is 0 Å². The first-order valence-electron chi connectivity index (χ1n) is 10.1. The third kappa shape index (κ3) is 6.22. The summed E-state index contributed by atoms with van der Waals surface area (Å²) in [6.45, 7) is 5.27. The van der Waals surface area contributed by atoms with Crippen molar-refractivity contribution in [2.45, 2.75) is 25.3 Å². The predicted octanol–water partition coefficient (Wildman–Crippen LogP) is 3.97. The Morgan fingerprint density at radius 2 is 1.91 bits per heavy atom. The molecule has 1 heterocycles. The highest BCUT2D eigenvalue weighted by atomic mass is 35.5. The molecular formula is C23H25ClN4O4S. The van der Waals surface area contributed by atoms with Crippen LogP contribution in [0.1, 0.15) is 27.3 Å². The molecule has 174 valence electrons. The molecule has 3 aromatic rings. The van der Waals surface area contributed by atoms with Crippen LogP contribution >= 0.6 is 11.6 Å². The molecule has 0 aliphatic heterocycles. The van der Waals surface area contributed by atoms with Crippen molar-refractivity contribution in [3.05, 3.63) is 82.1 Å². The van der Waals surface area contributed by atoms with Crippen LogP contribution in [0, 0.1) is 13.8 Å². The van der Waals surface area contributed by atoms with Crippen molar-refractivity contribution < 1.29 is 17.9 Å². The molecule has 1 aromatic heterocycles. The number of ether oxygens (including phenoxy) is 1. The van der Waals surface area contributed by atoms with Crippen molar-refractivity contribution in [2.24, 2.45) is 5.10 Å². The van der Waals surface area contributed by atoms with Crippen LogP contribution in [0.15, 0.2) is 64.6 Å². The number of nitrogens with one attached hydrogen (secondary N) is 2. The Labute approximate surface area is 198 Å². The minimum Gasteiger partial charge on any atom is -0.383 e. The van der Waals surface area contributed by atoms with Gasteiger partial charge in [0.05, 0.1) is 23.4 Å². The third-order valence-electron chi connectivity index (χ3n) is 4.98. The molecule has 1 amide bonds. The number of sulfonamides is 1. The van der Waals surface area contributed by atoms with Gasteiger partial charge in [0.2, 0.25) is 0 Å². The summed E-state index contributed by atoms with van der Waals surface area (Å²) in [5.41, 5.74) is 5.86. The number of benzene rings is 2. The summed E-state index contributed by atoms with van der Waals surface area (Å²) < 4.78 is 35.1. The Bertz CT molecular complexity index is 1290. The van der Waals surface area contributed by atoms with Gasteiger partial charge in [0.1, 0.15) is 0 Å². The molecule has 10 heteroatoms. The Kier molecular flexibility index (Phi) is 7.91. The number of anilines is 1. The monoisotopic (exact) mass is 488 g/mol. The van der Waals surface area contributed by atoms with Gasteiger partial charge in [-0.1, -0.05) is 23.7 Å². The van der Waals surface area contributed by atoms with Crippen LogP contribution < -0.4 is 10.1 Å². The SMILES string of the molecule is COCCn1c(C)cc(C=NNC(=O)c2cccc(S(=O)(=O)Nc3cccc(Cl)c3)c2)c1C. The van der Waals surface area contributed by atoms with E-state index in [0.29, 0.717) is 17.3 Å². The number of rotatable bonds is 9. The normalized spacial score (nSPS) is 11.6. The van der Waals surface area contributed by atoms with Crippen molar-refractivity contribution in [3.63, 3.8) is 0 Å². The fraction of sp³-hybridized carbons (Fsp3) is 0.217. The Hall–Kier alpha value is -3.14. The zero-order chi connectivity index (χ0) is 24.0. The lowest BCUT2D eigenvalue weighted by Gasteiger charge is -2.09. The van der Waals surface area contributed by atoms with Crippen molar-refractivity contribution >= 4 is 39.4 Å². The third-order valence-corrected chi connectivity index (χ3v) is 6.60. The molecule has 0 bridgehead atoms. The number of hydrazone groups is 1. The van der Waals surface area contributed by atoms with Gasteiger partial charge in [-0.2, -0.15) is 5.10 Å². The van der Waals surface area contributed by atoms with E-state index in [2.05, 4.69) is 19.8 Å². The first kappa shape index (κ1) is 24.5. The molecule has 0 saturated heterocycles. The maximum absolute atomic E-state index is 12.7. The number of halogens is 1. The van der Waals surface area contributed by atoms with Crippen LogP contribution in [0.4, 0.5) is 5.69 Å². The Morgan fingerprint density at radius 1 is 1.15 bits per heavy atom. The number of carbonyl (C=O) groups excluding carboxylic acids is 1. The van der Waals surface area contributed by atoms with Crippen molar-refractivity contribution in [1.29, 1.82) is 0 Å². The topological polar surface area (TPSA) is 102 Å². The Balaban J connectivity index is 1.71. The molecule has 0 atom stereocenters. The van der Waals surface area contributed by atoms with E-state index < -0.39 is 15.9 Å². The van der Waals surface area contributed by atoms with E-state index in [9.17, 15) is 13.2 Å². The molecule has 0 unspecified atom stereocenters. The number of aromatic nitrogens is 1. The van der Waals surface area contributed by atoms with Gasteiger partial charge in [-0.3, -0.25) is 9.52 Å². The number of nitrogens with zero attached hydrogens (tertiary/aromatic N) is 2. The molecule has 33 heavy (non-hydrogen) atoms. The van der Waals surface area contributed by atoms with Crippen molar-refractivity contribution in [2.75, 3.05) is 18.4 Å². The van der Waals surface area contributed by atoms with E-state index in [1.165, 1.54) is 30.3 Å². The molecule has 0 aliphatic carbocycles. The molecule has 8 nitrogen and oxygen atoms in total. The summed E-state index contributed by atoms with van der Waals surface area (Å²) >= 11 is 5.91. The van der Waals surface area contributed by atoms with E-state index in [1.54, 1.807) is 31.5 Å². The second kappa shape index (κ2) is 10.7. The smallest absolute Gasteiger partial charge is 0.271 e. The Morgan fingerprint density at radius 3 is 2.64 bits per heavy atom. The van der Waals surface area contributed by atoms with Gasteiger partial charge in [-0.25, -0.2) is 13.8 Å². The van der Waals surface area contributed by atoms with Crippen LogP contribution in [-0.2, 0) is 21.3 Å². The standard InChI is InChI=1S/C23H25ClN4O4S/c1-16-12-19(17(2)28(16)10-11-32-3)15-25-26-23(29)18-6-4-9-22(13-18)33(30,31)27-21-8-5-7-20(24)14-21/h4-9,12-15,27H,10-11H2,1-3H3,(H,26,29). The van der Waals surface area contributed by atoms with Gasteiger partial charge in [0.15, 0.2) is 0 Å². The number of hydrogen-bond acceptors (Lipinski definition) is 5. The van der Waals surface area contributed by atoms with Crippen molar-refractivity contribution in [3.8, 4) is 0 Å². The van der Waals surface area contributed by atoms with Crippen LogP contribution in [0.5, 0.6) is 0 Å². The summed E-state index contributed by atoms with van der Waals surface area (Å²) in [7, 11) is -2.25. The lowest BCUT2D eigenvalue weighted by Crippen LogP contribution is -2.19. The largest absolute Gasteiger partial charge is 0.383 e. The number of amides is 1. The molecule has 0 saturated carbocycles. The molecule has 2 aromatic carbocycles. The maximum atomic E-state index is 12.7. The summed E-state index contributed by atoms with van der Waals surface area (Å²) in [5.74, 6) is -0.528. The van der Waals surface area contributed by atoms with E-state index >= 15 is 0 Å². The second-order valence-electron chi connectivity index (χ2n) is 7.31. The predicted molar refractivity (Wildman–Crippen MR) is 130 cm³/mol. The summed E-state index contributed by atoms with van der Waals surface area (Å²) in [4.78, 5) is 12.5. The highest BCUT2D eigenvalue weighted by molar-refractivity contribution is 7.92. The number of hydrogen-bond donors (Lipinski definition) is 2. The molecule has 0 aliphatic rings. The van der Waals surface area contributed by atoms with Gasteiger partial charge in [-0.05, 0) is 56.3 Å². The quantitative estimate of drug-likeness (QED) is 0.351. The fourth-order valence-electron chi connectivity index (χ4n) is 3.28. The summed E-state index contributed by atoms with van der Waals surface area (Å²) in [6.07, 6.45) is 1.56. The van der Waals surface area contributed by atoms with Crippen LogP contribution in [-0.4, -0.2) is 38.8 Å². The minimum atomic E-state index is -3.91. The summed E-state index contributed by atoms with van der Waals surface area (Å²) in [5, 5.41) is 4.44. The zero-order valence-electron chi connectivity index (χ0n) is 18.5. The average molecular weight is 489 g/mol. The van der Waals surface area contributed by atoms with Gasteiger partial charge in [0.25, 0.3) is 15.9 Å². The van der Waals surface area contributed by atoms with E-state index in [4.69, 9.17) is 16.3 Å². The highest BCUT2D eigenvalue weighted by Crippen LogP contribution is 2.20. The summed E-state index contributed by atoms with van der Waals surface area (Å²) in [6, 6.07) is 14.0. The van der Waals surface area contributed by atoms with E-state index in [0.717, 1.165) is 23.5 Å². The van der Waals surface area contributed by atoms with Crippen molar-refractivity contribution in [1.82, 2.24) is 9.99 Å². The van der Waals surface area contributed by atoms with Gasteiger partial charge in [0, 0.05) is 41.2 Å². The lowest BCUT2D eigenvalue weighted by atomic mass is 10.2. The number of aryl methyl sites for hydroxylation is 1. The zero-order valence-corrected chi connectivity index (χ0v) is 20.1. The van der Waals surface area contributed by atoms with Gasteiger partial charge >= 0.3 is 0 Å². The van der Waals surface area contributed by atoms with Gasteiger partial charge < -0.3 is 9.30 Å². The molecule has 0 spiro atoms. The molecule has 0 fully saturated rings. The maximum Gasteiger partial charge on any atom is 0.271 e. The van der Waals surface area contributed by atoms with Crippen LogP contribution in [0.2, 0.25) is 5.02 Å². The highest BCUT2D eigenvalue weighted by Gasteiger charge is 2.17. The number of methoxy groups -OCH3 is 1.